The molecule has 7 nitrogen and oxygen atoms in total. The Morgan fingerprint density at radius 2 is 2.05 bits per heavy atom. The summed E-state index contributed by atoms with van der Waals surface area (Å²) in [5, 5.41) is 13.5. The van der Waals surface area contributed by atoms with Gasteiger partial charge in [-0.2, -0.15) is 0 Å². The van der Waals surface area contributed by atoms with Gasteiger partial charge in [0.1, 0.15) is 6.04 Å². The molecular weight excluding hydrogens is 252 g/mol. The van der Waals surface area contributed by atoms with Gasteiger partial charge in [-0.15, -0.1) is 12.3 Å². The summed E-state index contributed by atoms with van der Waals surface area (Å²) in [6.07, 6.45) is 6.76. The number of nitrogens with one attached hydrogen (secondary N) is 2. The van der Waals surface area contributed by atoms with Crippen LogP contribution in [0.4, 0.5) is 4.79 Å². The van der Waals surface area contributed by atoms with E-state index in [9.17, 15) is 14.4 Å². The normalized spacial score (nSPS) is 10.9. The predicted octanol–water partition coefficient (Wildman–Crippen LogP) is 0.105. The lowest BCUT2D eigenvalue weighted by Crippen LogP contribution is -2.47. The van der Waals surface area contributed by atoms with Gasteiger partial charge in [-0.1, -0.05) is 0 Å². The topological polar surface area (TPSA) is 105 Å². The lowest BCUT2D eigenvalue weighted by Gasteiger charge is -2.13. The van der Waals surface area contributed by atoms with Crippen LogP contribution >= 0.6 is 0 Å². The third-order valence-corrected chi connectivity index (χ3v) is 2.24. The van der Waals surface area contributed by atoms with Gasteiger partial charge in [-0.3, -0.25) is 4.79 Å². The van der Waals surface area contributed by atoms with E-state index in [1.807, 2.05) is 0 Å². The van der Waals surface area contributed by atoms with E-state index in [1.165, 1.54) is 0 Å². The molecule has 0 bridgehead atoms. The maximum atomic E-state index is 11.4. The van der Waals surface area contributed by atoms with Crippen LogP contribution in [-0.4, -0.2) is 42.8 Å². The number of hydrogen-bond acceptors (Lipinski definition) is 4. The van der Waals surface area contributed by atoms with Crippen molar-refractivity contribution in [2.75, 3.05) is 13.7 Å². The van der Waals surface area contributed by atoms with Crippen LogP contribution in [0.1, 0.15) is 25.7 Å². The van der Waals surface area contributed by atoms with Crippen molar-refractivity contribution in [3.63, 3.8) is 0 Å². The molecule has 0 aromatic carbocycles. The minimum atomic E-state index is -1.31. The summed E-state index contributed by atoms with van der Waals surface area (Å²) in [6, 6.07) is -1.95. The van der Waals surface area contributed by atoms with E-state index < -0.39 is 30.4 Å². The third kappa shape index (κ3) is 8.49. The van der Waals surface area contributed by atoms with Gasteiger partial charge >= 0.3 is 18.0 Å². The number of amides is 2. The average molecular weight is 270 g/mol. The first kappa shape index (κ1) is 16.8. The standard InChI is InChI=1S/C12H18N2O5/c1-3-4-5-6-7-13-12(18)14-9(11(16)17)8-10(15)19-2/h1,9H,4-8H2,2H3,(H,16,17)(H2,13,14,18)/t9-/m0/s1. The lowest BCUT2D eigenvalue weighted by atomic mass is 10.2. The Labute approximate surface area is 111 Å². The Bertz CT molecular complexity index is 362. The van der Waals surface area contributed by atoms with Crippen molar-refractivity contribution < 1.29 is 24.2 Å². The predicted molar refractivity (Wildman–Crippen MR) is 67.3 cm³/mol. The fourth-order valence-electron chi connectivity index (χ4n) is 1.21. The van der Waals surface area contributed by atoms with Gasteiger partial charge in [-0.05, 0) is 12.8 Å². The molecule has 7 heteroatoms. The third-order valence-electron chi connectivity index (χ3n) is 2.24. The lowest BCUT2D eigenvalue weighted by molar-refractivity contribution is -0.147. The number of hydrogen-bond donors (Lipinski definition) is 3. The number of rotatable bonds is 8. The van der Waals surface area contributed by atoms with Gasteiger partial charge in [0, 0.05) is 13.0 Å². The molecule has 2 amide bonds. The maximum absolute atomic E-state index is 11.4. The summed E-state index contributed by atoms with van der Waals surface area (Å²) in [4.78, 5) is 33.2. The first-order chi connectivity index (χ1) is 9.01. The van der Waals surface area contributed by atoms with Gasteiger partial charge in [-0.25, -0.2) is 9.59 Å². The summed E-state index contributed by atoms with van der Waals surface area (Å²) in [7, 11) is 1.15. The van der Waals surface area contributed by atoms with E-state index in [-0.39, 0.29) is 0 Å². The second-order valence-electron chi connectivity index (χ2n) is 3.73. The Hall–Kier alpha value is -2.23. The number of carboxylic acids is 1. The molecule has 0 aromatic rings. The number of terminal acetylenes is 1. The fraction of sp³-hybridized carbons (Fsp3) is 0.583. The molecule has 0 saturated carbocycles. The number of aliphatic carboxylic acids is 1. The van der Waals surface area contributed by atoms with E-state index >= 15 is 0 Å². The van der Waals surface area contributed by atoms with Crippen molar-refractivity contribution in [1.82, 2.24) is 10.6 Å². The number of methoxy groups -OCH3 is 1. The Morgan fingerprint density at radius 3 is 2.58 bits per heavy atom. The number of carboxylic acid groups (broad SMARTS) is 1. The second-order valence-corrected chi connectivity index (χ2v) is 3.73. The highest BCUT2D eigenvalue weighted by Gasteiger charge is 2.23. The second kappa shape index (κ2) is 9.76. The smallest absolute Gasteiger partial charge is 0.326 e. The van der Waals surface area contributed by atoms with Crippen molar-refractivity contribution in [3.05, 3.63) is 0 Å². The van der Waals surface area contributed by atoms with Crippen LogP contribution in [0.15, 0.2) is 0 Å². The first-order valence-electron chi connectivity index (χ1n) is 5.78. The summed E-state index contributed by atoms with van der Waals surface area (Å²) in [6.45, 7) is 0.387. The Morgan fingerprint density at radius 1 is 1.37 bits per heavy atom. The van der Waals surface area contributed by atoms with E-state index in [0.29, 0.717) is 19.4 Å². The van der Waals surface area contributed by atoms with Crippen LogP contribution in [0.25, 0.3) is 0 Å². The van der Waals surface area contributed by atoms with Crippen molar-refractivity contribution in [3.8, 4) is 12.3 Å². The number of carbonyl (C=O) groups is 3. The largest absolute Gasteiger partial charge is 0.480 e. The van der Waals surface area contributed by atoms with E-state index in [1.54, 1.807) is 0 Å². The van der Waals surface area contributed by atoms with E-state index in [0.717, 1.165) is 13.5 Å². The molecular formula is C12H18N2O5. The molecule has 1 atom stereocenters. The van der Waals surface area contributed by atoms with Crippen LogP contribution in [0.2, 0.25) is 0 Å². The van der Waals surface area contributed by atoms with Crippen LogP contribution in [0.3, 0.4) is 0 Å². The van der Waals surface area contributed by atoms with Gasteiger partial charge < -0.3 is 20.5 Å². The molecule has 0 aliphatic heterocycles. The zero-order valence-electron chi connectivity index (χ0n) is 10.8. The molecule has 106 valence electrons. The fourth-order valence-corrected chi connectivity index (χ4v) is 1.21. The number of esters is 1. The molecule has 0 aromatic heterocycles. The number of ether oxygens (including phenoxy) is 1. The number of unbranched alkanes of at least 4 members (excludes halogenated alkanes) is 2. The molecule has 0 aliphatic carbocycles. The highest BCUT2D eigenvalue weighted by molar-refractivity contribution is 5.86. The zero-order valence-corrected chi connectivity index (χ0v) is 10.8. The molecule has 19 heavy (non-hydrogen) atoms. The molecule has 0 rings (SSSR count). The molecule has 0 heterocycles. The molecule has 0 unspecified atom stereocenters. The molecule has 0 spiro atoms. The monoisotopic (exact) mass is 270 g/mol. The molecule has 3 N–H and O–H groups in total. The van der Waals surface area contributed by atoms with Crippen molar-refractivity contribution in [2.45, 2.75) is 31.7 Å². The van der Waals surface area contributed by atoms with Crippen molar-refractivity contribution in [1.29, 1.82) is 0 Å². The van der Waals surface area contributed by atoms with Gasteiger partial charge in [0.25, 0.3) is 0 Å². The maximum Gasteiger partial charge on any atom is 0.326 e. The average Bonchev–Trinajstić information content (AvgIpc) is 2.37. The quantitative estimate of drug-likeness (QED) is 0.330. The van der Waals surface area contributed by atoms with Crippen LogP contribution in [0.5, 0.6) is 0 Å². The molecule has 0 saturated heterocycles. The minimum Gasteiger partial charge on any atom is -0.480 e. The summed E-state index contributed by atoms with van der Waals surface area (Å²) >= 11 is 0. The summed E-state index contributed by atoms with van der Waals surface area (Å²) in [5.74, 6) is 0.469. The SMILES string of the molecule is C#CCCCCNC(=O)N[C@@H](CC(=O)OC)C(=O)O. The Kier molecular flexibility index (Phi) is 8.62. The number of urea groups is 1. The Balaban J connectivity index is 4.01. The summed E-state index contributed by atoms with van der Waals surface area (Å²) in [5.41, 5.74) is 0. The highest BCUT2D eigenvalue weighted by atomic mass is 16.5. The molecule has 0 radical (unpaired) electrons. The van der Waals surface area contributed by atoms with Crippen molar-refractivity contribution in [2.24, 2.45) is 0 Å². The van der Waals surface area contributed by atoms with E-state index in [4.69, 9.17) is 11.5 Å². The minimum absolute atomic E-state index is 0.387. The van der Waals surface area contributed by atoms with Crippen LogP contribution < -0.4 is 10.6 Å². The number of carbonyl (C=O) groups excluding carboxylic acids is 2. The van der Waals surface area contributed by atoms with Crippen molar-refractivity contribution >= 4 is 18.0 Å². The molecule has 0 aliphatic rings. The molecule has 0 fully saturated rings. The highest BCUT2D eigenvalue weighted by Crippen LogP contribution is 1.95. The van der Waals surface area contributed by atoms with Gasteiger partial charge in [0.15, 0.2) is 0 Å². The van der Waals surface area contributed by atoms with E-state index in [2.05, 4.69) is 21.3 Å². The van der Waals surface area contributed by atoms with Crippen LogP contribution in [-0.2, 0) is 14.3 Å². The van der Waals surface area contributed by atoms with Crippen LogP contribution in [0, 0.1) is 12.3 Å². The van der Waals surface area contributed by atoms with Gasteiger partial charge in [0.05, 0.1) is 13.5 Å². The first-order valence-corrected chi connectivity index (χ1v) is 5.78. The van der Waals surface area contributed by atoms with Gasteiger partial charge in [0.2, 0.25) is 0 Å². The summed E-state index contributed by atoms with van der Waals surface area (Å²) < 4.78 is 4.35. The zero-order chi connectivity index (χ0) is 14.7.